The van der Waals surface area contributed by atoms with Crippen molar-refractivity contribution >= 4 is 35.3 Å². The molecule has 7 heteroatoms. The highest BCUT2D eigenvalue weighted by molar-refractivity contribution is 8.04. The first-order valence-corrected chi connectivity index (χ1v) is 12.3. The number of thioether (sulfide) groups is 1. The molecule has 2 aliphatic heterocycles. The van der Waals surface area contributed by atoms with Gasteiger partial charge in [0.1, 0.15) is 5.75 Å². The van der Waals surface area contributed by atoms with Crippen LogP contribution in [0.5, 0.6) is 5.75 Å². The number of anilines is 1. The fourth-order valence-corrected chi connectivity index (χ4v) is 5.27. The van der Waals surface area contributed by atoms with Gasteiger partial charge in [-0.2, -0.15) is 0 Å². The first-order chi connectivity index (χ1) is 16.0. The van der Waals surface area contributed by atoms with Crippen LogP contribution in [0.4, 0.5) is 5.69 Å². The summed E-state index contributed by atoms with van der Waals surface area (Å²) >= 11 is 1.43. The van der Waals surface area contributed by atoms with E-state index in [4.69, 9.17) is 4.74 Å². The second-order valence-corrected chi connectivity index (χ2v) is 9.53. The number of nitrogens with zero attached hydrogens (tertiary/aromatic N) is 2. The van der Waals surface area contributed by atoms with Crippen LogP contribution in [-0.4, -0.2) is 57.1 Å². The van der Waals surface area contributed by atoms with E-state index in [0.29, 0.717) is 17.0 Å². The number of hydrogen-bond acceptors (Lipinski definition) is 5. The van der Waals surface area contributed by atoms with E-state index in [1.807, 2.05) is 48.5 Å². The Morgan fingerprint density at radius 1 is 1.09 bits per heavy atom. The summed E-state index contributed by atoms with van der Waals surface area (Å²) in [5, 5.41) is 3.04. The van der Waals surface area contributed by atoms with E-state index < -0.39 is 0 Å². The van der Waals surface area contributed by atoms with E-state index in [9.17, 15) is 9.59 Å². The molecule has 1 saturated heterocycles. The van der Waals surface area contributed by atoms with E-state index in [0.717, 1.165) is 41.5 Å². The Morgan fingerprint density at radius 3 is 2.52 bits per heavy atom. The summed E-state index contributed by atoms with van der Waals surface area (Å²) in [5.41, 5.74) is 2.27. The average Bonchev–Trinajstić information content (AvgIpc) is 3.11. The summed E-state index contributed by atoms with van der Waals surface area (Å²) in [6.07, 6.45) is 6.98. The van der Waals surface area contributed by atoms with E-state index in [1.54, 1.807) is 19.1 Å². The standard InChI is InChI=1S/C26H31N3O3S/c1-28-22-18-20(25(30)27-13-16-29-14-5-3-4-6-15-29)9-12-23(22)33-24(26(28)31)17-19-7-10-21(32-2)11-8-19/h7-12,17-18H,3-6,13-16H2,1-2H3,(H,27,30). The molecule has 6 nitrogen and oxygen atoms in total. The van der Waals surface area contributed by atoms with Gasteiger partial charge < -0.3 is 19.9 Å². The van der Waals surface area contributed by atoms with Crippen LogP contribution >= 0.6 is 11.8 Å². The van der Waals surface area contributed by atoms with Gasteiger partial charge >= 0.3 is 0 Å². The maximum atomic E-state index is 13.0. The third-order valence-corrected chi connectivity index (χ3v) is 7.22. The minimum Gasteiger partial charge on any atom is -0.497 e. The number of benzene rings is 2. The lowest BCUT2D eigenvalue weighted by atomic mass is 10.1. The van der Waals surface area contributed by atoms with Crippen molar-refractivity contribution in [3.8, 4) is 5.75 Å². The van der Waals surface area contributed by atoms with Crippen LogP contribution in [0.15, 0.2) is 52.3 Å². The summed E-state index contributed by atoms with van der Waals surface area (Å²) in [5.74, 6) is 0.597. The average molecular weight is 466 g/mol. The molecule has 0 radical (unpaired) electrons. The number of ether oxygens (including phenoxy) is 1. The predicted molar refractivity (Wildman–Crippen MR) is 134 cm³/mol. The Balaban J connectivity index is 1.42. The number of fused-ring (bicyclic) bond motifs is 1. The number of hydrogen-bond donors (Lipinski definition) is 1. The number of amides is 2. The van der Waals surface area contributed by atoms with Crippen LogP contribution in [0.1, 0.15) is 41.6 Å². The van der Waals surface area contributed by atoms with Gasteiger partial charge in [-0.05, 0) is 67.9 Å². The van der Waals surface area contributed by atoms with Gasteiger partial charge in [-0.15, -0.1) is 0 Å². The fourth-order valence-electron chi connectivity index (χ4n) is 4.18. The van der Waals surface area contributed by atoms with Crippen LogP contribution < -0.4 is 15.0 Å². The van der Waals surface area contributed by atoms with Gasteiger partial charge in [-0.1, -0.05) is 36.7 Å². The lowest BCUT2D eigenvalue weighted by Gasteiger charge is -2.27. The molecule has 0 aliphatic carbocycles. The number of carbonyl (C=O) groups excluding carboxylic acids is 2. The molecular weight excluding hydrogens is 434 g/mol. The van der Waals surface area contributed by atoms with Crippen LogP contribution in [0.3, 0.4) is 0 Å². The Hall–Kier alpha value is -2.77. The van der Waals surface area contributed by atoms with Gasteiger partial charge in [0.2, 0.25) is 0 Å². The van der Waals surface area contributed by atoms with E-state index in [-0.39, 0.29) is 11.8 Å². The minimum atomic E-state index is -0.0990. The quantitative estimate of drug-likeness (QED) is 0.641. The van der Waals surface area contributed by atoms with E-state index in [2.05, 4.69) is 10.2 Å². The highest BCUT2D eigenvalue weighted by Gasteiger charge is 2.27. The van der Waals surface area contributed by atoms with Crippen molar-refractivity contribution < 1.29 is 14.3 Å². The smallest absolute Gasteiger partial charge is 0.264 e. The van der Waals surface area contributed by atoms with Crippen LogP contribution in [0.25, 0.3) is 6.08 Å². The third kappa shape index (κ3) is 5.78. The topological polar surface area (TPSA) is 61.9 Å². The molecule has 2 aromatic carbocycles. The van der Waals surface area contributed by atoms with E-state index in [1.165, 1.54) is 37.4 Å². The minimum absolute atomic E-state index is 0.0814. The number of nitrogens with one attached hydrogen (secondary N) is 1. The molecule has 1 N–H and O–H groups in total. The highest BCUT2D eigenvalue weighted by Crippen LogP contribution is 2.42. The highest BCUT2D eigenvalue weighted by atomic mass is 32.2. The number of likely N-dealkylation sites (N-methyl/N-ethyl adjacent to an activating group) is 1. The SMILES string of the molecule is COc1ccc(C=C2Sc3ccc(C(=O)NCCN4CCCCCC4)cc3N(C)C2=O)cc1. The molecule has 4 rings (SSSR count). The summed E-state index contributed by atoms with van der Waals surface area (Å²) < 4.78 is 5.20. The van der Waals surface area contributed by atoms with Gasteiger partial charge in [0, 0.05) is 30.6 Å². The second-order valence-electron chi connectivity index (χ2n) is 8.44. The first-order valence-electron chi connectivity index (χ1n) is 11.5. The Morgan fingerprint density at radius 2 is 1.82 bits per heavy atom. The Bertz CT molecular complexity index is 1030. The molecule has 0 aromatic heterocycles. The first kappa shape index (κ1) is 23.4. The van der Waals surface area contributed by atoms with Crippen molar-refractivity contribution in [2.75, 3.05) is 45.2 Å². The van der Waals surface area contributed by atoms with Crippen molar-refractivity contribution in [1.29, 1.82) is 0 Å². The molecule has 1 fully saturated rings. The summed E-state index contributed by atoms with van der Waals surface area (Å²) in [4.78, 5) is 31.4. The normalized spacial score (nSPS) is 18.1. The zero-order valence-corrected chi connectivity index (χ0v) is 20.1. The van der Waals surface area contributed by atoms with Crippen molar-refractivity contribution in [1.82, 2.24) is 10.2 Å². The zero-order valence-electron chi connectivity index (χ0n) is 19.3. The van der Waals surface area contributed by atoms with Gasteiger partial charge in [0.05, 0.1) is 17.7 Å². The van der Waals surface area contributed by atoms with Crippen LogP contribution in [0, 0.1) is 0 Å². The molecule has 2 aliphatic rings. The Labute approximate surface area is 200 Å². The van der Waals surface area contributed by atoms with Gasteiger partial charge in [0.15, 0.2) is 0 Å². The number of methoxy groups -OCH3 is 1. The number of likely N-dealkylation sites (tertiary alicyclic amines) is 1. The predicted octanol–water partition coefficient (Wildman–Crippen LogP) is 4.41. The molecule has 33 heavy (non-hydrogen) atoms. The number of rotatable bonds is 6. The lowest BCUT2D eigenvalue weighted by Crippen LogP contribution is -2.35. The van der Waals surface area contributed by atoms with Gasteiger partial charge in [0.25, 0.3) is 11.8 Å². The molecule has 0 spiro atoms. The summed E-state index contributed by atoms with van der Waals surface area (Å²) in [6, 6.07) is 13.2. The molecule has 174 valence electrons. The van der Waals surface area contributed by atoms with Crippen molar-refractivity contribution in [3.63, 3.8) is 0 Å². The molecule has 0 saturated carbocycles. The maximum Gasteiger partial charge on any atom is 0.264 e. The van der Waals surface area contributed by atoms with E-state index >= 15 is 0 Å². The molecule has 0 unspecified atom stereocenters. The van der Waals surface area contributed by atoms with Crippen molar-refractivity contribution in [2.45, 2.75) is 30.6 Å². The van der Waals surface area contributed by atoms with Crippen molar-refractivity contribution in [3.05, 3.63) is 58.5 Å². The van der Waals surface area contributed by atoms with Crippen molar-refractivity contribution in [2.24, 2.45) is 0 Å². The molecule has 0 bridgehead atoms. The second kappa shape index (κ2) is 10.9. The molecular formula is C26H31N3O3S. The largest absolute Gasteiger partial charge is 0.497 e. The number of carbonyl (C=O) groups is 2. The van der Waals surface area contributed by atoms with Crippen LogP contribution in [-0.2, 0) is 4.79 Å². The fraction of sp³-hybridized carbons (Fsp3) is 0.385. The molecule has 0 atom stereocenters. The van der Waals surface area contributed by atoms with Crippen LogP contribution in [0.2, 0.25) is 0 Å². The molecule has 2 aromatic rings. The maximum absolute atomic E-state index is 13.0. The van der Waals surface area contributed by atoms with Gasteiger partial charge in [-0.25, -0.2) is 0 Å². The zero-order chi connectivity index (χ0) is 23.2. The van der Waals surface area contributed by atoms with Gasteiger partial charge in [-0.3, -0.25) is 9.59 Å². The molecule has 2 amide bonds. The molecule has 2 heterocycles. The summed E-state index contributed by atoms with van der Waals surface area (Å²) in [7, 11) is 3.38. The summed E-state index contributed by atoms with van der Waals surface area (Å²) in [6.45, 7) is 3.75. The lowest BCUT2D eigenvalue weighted by molar-refractivity contribution is -0.114. The monoisotopic (exact) mass is 465 g/mol. The third-order valence-electron chi connectivity index (χ3n) is 6.14. The Kier molecular flexibility index (Phi) is 7.73.